The van der Waals surface area contributed by atoms with Crippen LogP contribution < -0.4 is 9.47 Å². The molecular weight excluding hydrogens is 246 g/mol. The van der Waals surface area contributed by atoms with E-state index in [0.29, 0.717) is 36.8 Å². The number of hydrogen-bond donors (Lipinski definition) is 0. The highest BCUT2D eigenvalue weighted by Crippen LogP contribution is 2.33. The van der Waals surface area contributed by atoms with E-state index in [9.17, 15) is 4.79 Å². The summed E-state index contributed by atoms with van der Waals surface area (Å²) in [4.78, 5) is 14.4. The lowest BCUT2D eigenvalue weighted by molar-refractivity contribution is -0.0370. The Morgan fingerprint density at radius 3 is 2.84 bits per heavy atom. The molecule has 102 valence electrons. The standard InChI is InChI=1S/C14H17NO4/c1-14(2)8-17-6-5-15(14)13(16)10-3-4-11-12(7-10)19-9-18-11/h3-4,7H,5-6,8-9H2,1-2H3. The summed E-state index contributed by atoms with van der Waals surface area (Å²) in [6.45, 7) is 5.99. The summed E-state index contributed by atoms with van der Waals surface area (Å²) < 4.78 is 16.0. The molecule has 1 fully saturated rings. The number of benzene rings is 1. The van der Waals surface area contributed by atoms with Crippen LogP contribution in [0.3, 0.4) is 0 Å². The fourth-order valence-corrected chi connectivity index (χ4v) is 2.42. The minimum atomic E-state index is -0.286. The summed E-state index contributed by atoms with van der Waals surface area (Å²) in [5, 5.41) is 0. The van der Waals surface area contributed by atoms with Gasteiger partial charge in [0, 0.05) is 12.1 Å². The van der Waals surface area contributed by atoms with Crippen LogP contribution in [0.2, 0.25) is 0 Å². The Balaban J connectivity index is 1.87. The molecule has 1 amide bonds. The van der Waals surface area contributed by atoms with Crippen molar-refractivity contribution in [2.75, 3.05) is 26.6 Å². The third-order valence-electron chi connectivity index (χ3n) is 3.51. The molecule has 0 bridgehead atoms. The fraction of sp³-hybridized carbons (Fsp3) is 0.500. The zero-order valence-corrected chi connectivity index (χ0v) is 11.1. The lowest BCUT2D eigenvalue weighted by atomic mass is 10.0. The van der Waals surface area contributed by atoms with Crippen molar-refractivity contribution in [3.63, 3.8) is 0 Å². The molecule has 2 heterocycles. The maximum Gasteiger partial charge on any atom is 0.254 e. The van der Waals surface area contributed by atoms with Gasteiger partial charge in [-0.3, -0.25) is 4.79 Å². The number of amides is 1. The zero-order valence-electron chi connectivity index (χ0n) is 11.1. The summed E-state index contributed by atoms with van der Waals surface area (Å²) in [7, 11) is 0. The number of ether oxygens (including phenoxy) is 3. The molecule has 0 unspecified atom stereocenters. The summed E-state index contributed by atoms with van der Waals surface area (Å²) in [5.41, 5.74) is 0.338. The Morgan fingerprint density at radius 2 is 2.05 bits per heavy atom. The minimum Gasteiger partial charge on any atom is -0.454 e. The monoisotopic (exact) mass is 263 g/mol. The summed E-state index contributed by atoms with van der Waals surface area (Å²) in [6, 6.07) is 5.31. The lowest BCUT2D eigenvalue weighted by Crippen LogP contribution is -2.55. The second kappa shape index (κ2) is 4.42. The summed E-state index contributed by atoms with van der Waals surface area (Å²) in [5.74, 6) is 1.33. The highest BCUT2D eigenvalue weighted by molar-refractivity contribution is 5.95. The predicted molar refractivity (Wildman–Crippen MR) is 68.5 cm³/mol. The molecule has 3 rings (SSSR count). The molecule has 1 aromatic rings. The van der Waals surface area contributed by atoms with E-state index in [0.717, 1.165) is 0 Å². The van der Waals surface area contributed by atoms with Crippen LogP contribution in [0, 0.1) is 0 Å². The van der Waals surface area contributed by atoms with Crippen LogP contribution >= 0.6 is 0 Å². The van der Waals surface area contributed by atoms with E-state index in [-0.39, 0.29) is 18.2 Å². The smallest absolute Gasteiger partial charge is 0.254 e. The van der Waals surface area contributed by atoms with Gasteiger partial charge in [-0.1, -0.05) is 0 Å². The maximum absolute atomic E-state index is 12.6. The minimum absolute atomic E-state index is 0.00611. The third kappa shape index (κ3) is 2.14. The molecule has 0 spiro atoms. The number of carbonyl (C=O) groups is 1. The van der Waals surface area contributed by atoms with Gasteiger partial charge in [0.05, 0.1) is 18.8 Å². The van der Waals surface area contributed by atoms with Gasteiger partial charge in [-0.05, 0) is 32.0 Å². The first-order chi connectivity index (χ1) is 9.08. The van der Waals surface area contributed by atoms with Gasteiger partial charge in [-0.15, -0.1) is 0 Å². The first-order valence-electron chi connectivity index (χ1n) is 6.37. The number of hydrogen-bond acceptors (Lipinski definition) is 4. The van der Waals surface area contributed by atoms with Gasteiger partial charge in [-0.25, -0.2) is 0 Å². The number of fused-ring (bicyclic) bond motifs is 1. The second-order valence-corrected chi connectivity index (χ2v) is 5.39. The van der Waals surface area contributed by atoms with Gasteiger partial charge in [0.25, 0.3) is 5.91 Å². The fourth-order valence-electron chi connectivity index (χ4n) is 2.42. The van der Waals surface area contributed by atoms with Crippen LogP contribution in [0.4, 0.5) is 0 Å². The van der Waals surface area contributed by atoms with Crippen molar-refractivity contribution in [3.05, 3.63) is 23.8 Å². The van der Waals surface area contributed by atoms with Gasteiger partial charge < -0.3 is 19.1 Å². The highest BCUT2D eigenvalue weighted by atomic mass is 16.7. The first-order valence-corrected chi connectivity index (χ1v) is 6.37. The molecule has 0 saturated carbocycles. The van der Waals surface area contributed by atoms with Crippen LogP contribution in [-0.2, 0) is 4.74 Å². The van der Waals surface area contributed by atoms with Gasteiger partial charge in [0.15, 0.2) is 11.5 Å². The van der Waals surface area contributed by atoms with Crippen LogP contribution in [0.1, 0.15) is 24.2 Å². The molecule has 1 aromatic carbocycles. The number of rotatable bonds is 1. The molecule has 5 heteroatoms. The number of nitrogens with zero attached hydrogens (tertiary/aromatic N) is 1. The normalized spacial score (nSPS) is 20.4. The topological polar surface area (TPSA) is 48.0 Å². The van der Waals surface area contributed by atoms with Crippen molar-refractivity contribution in [1.29, 1.82) is 0 Å². The molecule has 1 saturated heterocycles. The summed E-state index contributed by atoms with van der Waals surface area (Å²) >= 11 is 0. The van der Waals surface area contributed by atoms with Crippen LogP contribution in [0.15, 0.2) is 18.2 Å². The van der Waals surface area contributed by atoms with E-state index in [1.807, 2.05) is 18.7 Å². The quantitative estimate of drug-likeness (QED) is 0.773. The molecule has 2 aliphatic heterocycles. The predicted octanol–water partition coefficient (Wildman–Crippen LogP) is 1.67. The van der Waals surface area contributed by atoms with Crippen molar-refractivity contribution in [1.82, 2.24) is 4.90 Å². The third-order valence-corrected chi connectivity index (χ3v) is 3.51. The van der Waals surface area contributed by atoms with E-state index < -0.39 is 0 Å². The summed E-state index contributed by atoms with van der Waals surface area (Å²) in [6.07, 6.45) is 0. The molecule has 0 atom stereocenters. The second-order valence-electron chi connectivity index (χ2n) is 5.39. The van der Waals surface area contributed by atoms with Crippen molar-refractivity contribution < 1.29 is 19.0 Å². The average Bonchev–Trinajstić information content (AvgIpc) is 2.84. The first kappa shape index (κ1) is 12.3. The van der Waals surface area contributed by atoms with E-state index in [4.69, 9.17) is 14.2 Å². The molecule has 19 heavy (non-hydrogen) atoms. The SMILES string of the molecule is CC1(C)COCCN1C(=O)c1ccc2c(c1)OCO2. The molecule has 0 aliphatic carbocycles. The molecule has 0 N–H and O–H groups in total. The van der Waals surface area contributed by atoms with Crippen LogP contribution in [0.25, 0.3) is 0 Å². The largest absolute Gasteiger partial charge is 0.454 e. The van der Waals surface area contributed by atoms with Crippen molar-refractivity contribution >= 4 is 5.91 Å². The maximum atomic E-state index is 12.6. The van der Waals surface area contributed by atoms with E-state index in [2.05, 4.69) is 0 Å². The Bertz CT molecular complexity index is 512. The van der Waals surface area contributed by atoms with Gasteiger partial charge in [-0.2, -0.15) is 0 Å². The number of morpholine rings is 1. The zero-order chi connectivity index (χ0) is 13.5. The highest BCUT2D eigenvalue weighted by Gasteiger charge is 2.35. The van der Waals surface area contributed by atoms with Gasteiger partial charge >= 0.3 is 0 Å². The van der Waals surface area contributed by atoms with Crippen molar-refractivity contribution in [2.45, 2.75) is 19.4 Å². The molecule has 0 aromatic heterocycles. The van der Waals surface area contributed by atoms with Crippen molar-refractivity contribution in [3.8, 4) is 11.5 Å². The van der Waals surface area contributed by atoms with Crippen LogP contribution in [0.5, 0.6) is 11.5 Å². The van der Waals surface area contributed by atoms with E-state index in [1.165, 1.54) is 0 Å². The Hall–Kier alpha value is -1.75. The van der Waals surface area contributed by atoms with Crippen LogP contribution in [-0.4, -0.2) is 42.9 Å². The van der Waals surface area contributed by atoms with Gasteiger partial charge in [0.2, 0.25) is 6.79 Å². The molecular formula is C14H17NO4. The lowest BCUT2D eigenvalue weighted by Gasteiger charge is -2.42. The Labute approximate surface area is 112 Å². The molecule has 0 radical (unpaired) electrons. The Morgan fingerprint density at radius 1 is 1.26 bits per heavy atom. The molecule has 2 aliphatic rings. The number of carbonyl (C=O) groups excluding carboxylic acids is 1. The van der Waals surface area contributed by atoms with E-state index >= 15 is 0 Å². The van der Waals surface area contributed by atoms with E-state index in [1.54, 1.807) is 18.2 Å². The van der Waals surface area contributed by atoms with Crippen molar-refractivity contribution in [2.24, 2.45) is 0 Å². The van der Waals surface area contributed by atoms with Gasteiger partial charge in [0.1, 0.15) is 0 Å². The Kier molecular flexibility index (Phi) is 2.86. The average molecular weight is 263 g/mol. The molecule has 5 nitrogen and oxygen atoms in total.